The summed E-state index contributed by atoms with van der Waals surface area (Å²) in [5, 5.41) is 16.4. The number of benzene rings is 1. The number of aromatic carboxylic acids is 1. The lowest BCUT2D eigenvalue weighted by molar-refractivity contribution is 0.0691. The molecule has 1 atom stereocenters. The summed E-state index contributed by atoms with van der Waals surface area (Å²) < 4.78 is 5.66. The molecular weight excluding hydrogens is 268 g/mol. The number of ether oxygens (including phenoxy) is 1. The van der Waals surface area contributed by atoms with Crippen LogP contribution < -0.4 is 4.74 Å². The van der Waals surface area contributed by atoms with E-state index in [4.69, 9.17) is 21.4 Å². The van der Waals surface area contributed by atoms with Gasteiger partial charge in [-0.2, -0.15) is 5.10 Å². The number of aromatic amines is 1. The second-order valence-electron chi connectivity index (χ2n) is 4.13. The summed E-state index contributed by atoms with van der Waals surface area (Å²) in [4.78, 5) is 11.2. The normalized spacial score (nSPS) is 12.2. The van der Waals surface area contributed by atoms with Crippen LogP contribution in [0.5, 0.6) is 5.75 Å². The summed E-state index contributed by atoms with van der Waals surface area (Å²) in [7, 11) is 0. The largest absolute Gasteiger partial charge is 0.484 e. The molecule has 0 aliphatic carbocycles. The summed E-state index contributed by atoms with van der Waals surface area (Å²) in [6, 6.07) is 6.85. The lowest BCUT2D eigenvalue weighted by Gasteiger charge is -2.13. The number of nitrogens with zero attached hydrogens (tertiary/aromatic N) is 1. The molecule has 5 nitrogen and oxygen atoms in total. The smallest absolute Gasteiger partial charge is 0.339 e. The van der Waals surface area contributed by atoms with E-state index in [9.17, 15) is 4.79 Å². The van der Waals surface area contributed by atoms with Crippen molar-refractivity contribution in [2.24, 2.45) is 0 Å². The zero-order chi connectivity index (χ0) is 14.0. The molecule has 2 rings (SSSR count). The predicted molar refractivity (Wildman–Crippen MR) is 70.8 cm³/mol. The highest BCUT2D eigenvalue weighted by Crippen LogP contribution is 2.25. The zero-order valence-electron chi connectivity index (χ0n) is 10.5. The first-order chi connectivity index (χ1) is 8.99. The van der Waals surface area contributed by atoms with Crippen molar-refractivity contribution < 1.29 is 14.6 Å². The Bertz CT molecular complexity index is 592. The second-order valence-corrected chi connectivity index (χ2v) is 4.56. The monoisotopic (exact) mass is 280 g/mol. The van der Waals surface area contributed by atoms with E-state index in [0.717, 1.165) is 0 Å². The molecule has 1 aromatic carbocycles. The fourth-order valence-corrected chi connectivity index (χ4v) is 1.91. The second kappa shape index (κ2) is 5.32. The number of halogens is 1. The fraction of sp³-hybridized carbons (Fsp3) is 0.231. The van der Waals surface area contributed by atoms with Gasteiger partial charge >= 0.3 is 5.97 Å². The number of carboxylic acids is 1. The molecule has 0 saturated carbocycles. The molecule has 2 aromatic rings. The van der Waals surface area contributed by atoms with Crippen molar-refractivity contribution in [1.82, 2.24) is 10.2 Å². The maximum absolute atomic E-state index is 11.2. The Morgan fingerprint density at radius 2 is 2.05 bits per heavy atom. The summed E-state index contributed by atoms with van der Waals surface area (Å²) in [6.07, 6.45) is -0.475. The Morgan fingerprint density at radius 1 is 1.42 bits per heavy atom. The number of hydrogen-bond donors (Lipinski definition) is 2. The minimum absolute atomic E-state index is 0.154. The van der Waals surface area contributed by atoms with Crippen molar-refractivity contribution in [2.75, 3.05) is 0 Å². The van der Waals surface area contributed by atoms with Crippen molar-refractivity contribution in [3.8, 4) is 5.75 Å². The standard InChI is InChI=1S/C13H13ClN2O3/c1-7-11(13(17)18)12(16-15-7)8(2)19-10-5-3-9(14)4-6-10/h3-6,8H,1-2H3,(H,15,16)(H,17,18). The number of carboxylic acid groups (broad SMARTS) is 1. The molecule has 0 aliphatic rings. The van der Waals surface area contributed by atoms with Gasteiger partial charge in [0.05, 0.1) is 0 Å². The molecule has 19 heavy (non-hydrogen) atoms. The molecule has 0 saturated heterocycles. The van der Waals surface area contributed by atoms with Crippen LogP contribution in [-0.4, -0.2) is 21.3 Å². The third kappa shape index (κ3) is 2.88. The molecule has 0 aliphatic heterocycles. The molecule has 0 fully saturated rings. The molecule has 100 valence electrons. The van der Waals surface area contributed by atoms with Crippen molar-refractivity contribution in [3.05, 3.63) is 46.2 Å². The quantitative estimate of drug-likeness (QED) is 0.902. The van der Waals surface area contributed by atoms with Gasteiger partial charge in [-0.25, -0.2) is 4.79 Å². The first kappa shape index (κ1) is 13.4. The van der Waals surface area contributed by atoms with Gasteiger partial charge in [-0.05, 0) is 38.1 Å². The molecule has 0 spiro atoms. The Hall–Kier alpha value is -2.01. The Morgan fingerprint density at radius 3 is 2.63 bits per heavy atom. The third-order valence-corrected chi connectivity index (χ3v) is 2.95. The van der Waals surface area contributed by atoms with E-state index in [1.165, 1.54) is 0 Å². The minimum Gasteiger partial charge on any atom is -0.484 e. The third-order valence-electron chi connectivity index (χ3n) is 2.70. The van der Waals surface area contributed by atoms with E-state index in [-0.39, 0.29) is 5.56 Å². The van der Waals surface area contributed by atoms with Crippen molar-refractivity contribution >= 4 is 17.6 Å². The highest BCUT2D eigenvalue weighted by Gasteiger charge is 2.22. The molecular formula is C13H13ClN2O3. The molecule has 1 aromatic heterocycles. The predicted octanol–water partition coefficient (Wildman–Crippen LogP) is 3.21. The number of hydrogen-bond acceptors (Lipinski definition) is 3. The van der Waals surface area contributed by atoms with Crippen LogP contribution in [0.1, 0.15) is 34.8 Å². The summed E-state index contributed by atoms with van der Waals surface area (Å²) >= 11 is 5.78. The molecule has 0 radical (unpaired) electrons. The average Bonchev–Trinajstić information content (AvgIpc) is 2.74. The molecule has 0 amide bonds. The van der Waals surface area contributed by atoms with E-state index in [2.05, 4.69) is 10.2 Å². The van der Waals surface area contributed by atoms with Crippen LogP contribution in [0.2, 0.25) is 5.02 Å². The molecule has 1 heterocycles. The van der Waals surface area contributed by atoms with Crippen molar-refractivity contribution in [1.29, 1.82) is 0 Å². The Kier molecular flexibility index (Phi) is 3.76. The summed E-state index contributed by atoms with van der Waals surface area (Å²) in [5.41, 5.74) is 1.04. The van der Waals surface area contributed by atoms with Gasteiger partial charge in [-0.3, -0.25) is 5.10 Å². The molecule has 1 unspecified atom stereocenters. The fourth-order valence-electron chi connectivity index (χ4n) is 1.79. The number of rotatable bonds is 4. The van der Waals surface area contributed by atoms with Gasteiger partial charge in [0.1, 0.15) is 23.1 Å². The Labute approximate surface area is 115 Å². The van der Waals surface area contributed by atoms with Crippen LogP contribution in [0.3, 0.4) is 0 Å². The van der Waals surface area contributed by atoms with E-state index < -0.39 is 12.1 Å². The number of H-pyrrole nitrogens is 1. The minimum atomic E-state index is -1.02. The topological polar surface area (TPSA) is 75.2 Å². The lowest BCUT2D eigenvalue weighted by Crippen LogP contribution is -2.09. The lowest BCUT2D eigenvalue weighted by atomic mass is 10.1. The van der Waals surface area contributed by atoms with Gasteiger partial charge in [0, 0.05) is 10.7 Å². The number of aromatic nitrogens is 2. The number of aryl methyl sites for hydroxylation is 1. The van der Waals surface area contributed by atoms with Crippen LogP contribution in [-0.2, 0) is 0 Å². The van der Waals surface area contributed by atoms with Crippen LogP contribution in [0.15, 0.2) is 24.3 Å². The SMILES string of the molecule is Cc1[nH]nc(C(C)Oc2ccc(Cl)cc2)c1C(=O)O. The average molecular weight is 281 g/mol. The van der Waals surface area contributed by atoms with E-state index in [1.807, 2.05) is 0 Å². The first-order valence-electron chi connectivity index (χ1n) is 5.69. The van der Waals surface area contributed by atoms with Crippen LogP contribution in [0.25, 0.3) is 0 Å². The highest BCUT2D eigenvalue weighted by atomic mass is 35.5. The van der Waals surface area contributed by atoms with Gasteiger partial charge in [0.2, 0.25) is 0 Å². The first-order valence-corrected chi connectivity index (χ1v) is 6.07. The molecule has 0 bridgehead atoms. The summed E-state index contributed by atoms with van der Waals surface area (Å²) in [5.74, 6) is -0.415. The van der Waals surface area contributed by atoms with Crippen LogP contribution >= 0.6 is 11.6 Å². The van der Waals surface area contributed by atoms with Gasteiger partial charge in [0.15, 0.2) is 0 Å². The number of nitrogens with one attached hydrogen (secondary N) is 1. The molecule has 2 N–H and O–H groups in total. The van der Waals surface area contributed by atoms with Crippen LogP contribution in [0, 0.1) is 6.92 Å². The van der Waals surface area contributed by atoms with E-state index >= 15 is 0 Å². The van der Waals surface area contributed by atoms with Gasteiger partial charge in [-0.15, -0.1) is 0 Å². The van der Waals surface area contributed by atoms with Crippen molar-refractivity contribution in [2.45, 2.75) is 20.0 Å². The number of carbonyl (C=O) groups is 1. The maximum atomic E-state index is 11.2. The van der Waals surface area contributed by atoms with Crippen molar-refractivity contribution in [3.63, 3.8) is 0 Å². The Balaban J connectivity index is 2.23. The molecule has 6 heteroatoms. The maximum Gasteiger partial charge on any atom is 0.339 e. The van der Waals surface area contributed by atoms with E-state index in [1.54, 1.807) is 38.1 Å². The van der Waals surface area contributed by atoms with Gasteiger partial charge in [-0.1, -0.05) is 11.6 Å². The summed E-state index contributed by atoms with van der Waals surface area (Å²) in [6.45, 7) is 3.41. The van der Waals surface area contributed by atoms with Crippen LogP contribution in [0.4, 0.5) is 0 Å². The highest BCUT2D eigenvalue weighted by molar-refractivity contribution is 6.30. The zero-order valence-corrected chi connectivity index (χ0v) is 11.2. The van der Waals surface area contributed by atoms with E-state index in [0.29, 0.717) is 22.2 Å². The van der Waals surface area contributed by atoms with Gasteiger partial charge < -0.3 is 9.84 Å². The van der Waals surface area contributed by atoms with Gasteiger partial charge in [0.25, 0.3) is 0 Å².